The molecule has 0 spiro atoms. The first kappa shape index (κ1) is 24.8. The molecule has 10 heteroatoms. The Morgan fingerprint density at radius 1 is 1.16 bits per heavy atom. The van der Waals surface area contributed by atoms with E-state index in [-0.39, 0.29) is 30.4 Å². The number of halogens is 4. The fraction of sp³-hybridized carbons (Fsp3) is 0.556. The number of carbonyl (C=O) groups excluding carboxylic acids is 1. The molecule has 10 atom stereocenters. The van der Waals surface area contributed by atoms with Crippen molar-refractivity contribution in [3.63, 3.8) is 0 Å². The molecule has 0 amide bonds. The predicted molar refractivity (Wildman–Crippen MR) is 119 cm³/mol. The van der Waals surface area contributed by atoms with Crippen molar-refractivity contribution in [2.24, 2.45) is 22.7 Å². The number of carboxylic acid groups (broad SMARTS) is 1. The number of rotatable bonds is 2. The van der Waals surface area contributed by atoms with Gasteiger partial charge < -0.3 is 19.7 Å². The van der Waals surface area contributed by atoms with Gasteiger partial charge in [0.1, 0.15) is 23.9 Å². The number of hydrogen-bond acceptors (Lipinski definition) is 5. The lowest BCUT2D eigenvalue weighted by atomic mass is 9.44. The Labute approximate surface area is 209 Å². The van der Waals surface area contributed by atoms with Crippen molar-refractivity contribution in [3.8, 4) is 0 Å². The highest BCUT2D eigenvalue weighted by atomic mass is 19.2. The van der Waals surface area contributed by atoms with Gasteiger partial charge in [0.05, 0.1) is 6.10 Å². The van der Waals surface area contributed by atoms with Crippen molar-refractivity contribution in [2.75, 3.05) is 0 Å². The number of allylic oxidation sites excluding steroid dienone is 4. The van der Waals surface area contributed by atoms with Gasteiger partial charge in [-0.3, -0.25) is 4.79 Å². The molecule has 6 nitrogen and oxygen atoms in total. The number of aliphatic hydroxyl groups excluding tert-OH is 1. The lowest BCUT2D eigenvalue weighted by molar-refractivity contribution is -0.240. The molecule has 198 valence electrons. The van der Waals surface area contributed by atoms with Crippen molar-refractivity contribution in [3.05, 3.63) is 59.2 Å². The summed E-state index contributed by atoms with van der Waals surface area (Å²) in [6, 6.07) is 2.73. The Bertz CT molecular complexity index is 1280. The largest absolute Gasteiger partial charge is 0.479 e. The zero-order valence-corrected chi connectivity index (χ0v) is 20.1. The number of aliphatic hydroxyl groups is 1. The van der Waals surface area contributed by atoms with Crippen LogP contribution in [0.3, 0.4) is 0 Å². The number of carboxylic acids is 1. The number of fused-ring (bicyclic) bond motifs is 7. The Balaban J connectivity index is 1.44. The van der Waals surface area contributed by atoms with Crippen LogP contribution in [0.5, 0.6) is 0 Å². The minimum absolute atomic E-state index is 0.0321. The van der Waals surface area contributed by atoms with Gasteiger partial charge in [-0.1, -0.05) is 13.0 Å². The summed E-state index contributed by atoms with van der Waals surface area (Å²) in [5.74, 6) is -5.58. The number of carbonyl (C=O) groups is 2. The molecule has 1 heterocycles. The lowest BCUT2D eigenvalue weighted by Crippen LogP contribution is -2.70. The SMILES string of the molecule is C[C@]12C=CC(=O)C=C1[C@@H](F)C[C@H]1[C@@H]3C[C@H]4OC(c5ccc(F)cc5F)O[C@@]4(C(=O)O)[C@@]3(C)C[C@H](O)[C@@]12F. The molecule has 5 aliphatic rings. The molecule has 1 aromatic rings. The summed E-state index contributed by atoms with van der Waals surface area (Å²) in [5, 5.41) is 21.8. The number of benzene rings is 1. The second-order valence-electron chi connectivity index (χ2n) is 11.4. The van der Waals surface area contributed by atoms with Gasteiger partial charge in [0.25, 0.3) is 0 Å². The van der Waals surface area contributed by atoms with Crippen LogP contribution in [0.1, 0.15) is 45.0 Å². The van der Waals surface area contributed by atoms with E-state index >= 15 is 8.78 Å². The quantitative estimate of drug-likeness (QED) is 0.568. The zero-order chi connectivity index (χ0) is 26.7. The van der Waals surface area contributed by atoms with Gasteiger partial charge in [0, 0.05) is 28.4 Å². The molecule has 0 radical (unpaired) electrons. The van der Waals surface area contributed by atoms with E-state index in [2.05, 4.69) is 0 Å². The number of alkyl halides is 2. The summed E-state index contributed by atoms with van der Waals surface area (Å²) in [5.41, 5.74) is -7.73. The van der Waals surface area contributed by atoms with Crippen molar-refractivity contribution >= 4 is 11.8 Å². The maximum absolute atomic E-state index is 17.2. The molecule has 1 saturated heterocycles. The third-order valence-electron chi connectivity index (χ3n) is 9.90. The zero-order valence-electron chi connectivity index (χ0n) is 20.1. The van der Waals surface area contributed by atoms with E-state index in [1.807, 2.05) is 0 Å². The van der Waals surface area contributed by atoms with Gasteiger partial charge in [0.15, 0.2) is 23.3 Å². The van der Waals surface area contributed by atoms with Crippen molar-refractivity contribution in [1.82, 2.24) is 0 Å². The van der Waals surface area contributed by atoms with Crippen LogP contribution in [0.15, 0.2) is 42.0 Å². The smallest absolute Gasteiger partial charge is 0.339 e. The first-order valence-electron chi connectivity index (χ1n) is 12.3. The van der Waals surface area contributed by atoms with E-state index < -0.39 is 82.0 Å². The number of hydrogen-bond donors (Lipinski definition) is 2. The molecule has 4 fully saturated rings. The first-order chi connectivity index (χ1) is 17.3. The molecule has 4 aliphatic carbocycles. The molecule has 6 rings (SSSR count). The Morgan fingerprint density at radius 3 is 2.57 bits per heavy atom. The van der Waals surface area contributed by atoms with Crippen molar-refractivity contribution in [2.45, 2.75) is 69.0 Å². The van der Waals surface area contributed by atoms with Crippen LogP contribution in [-0.2, 0) is 19.1 Å². The maximum Gasteiger partial charge on any atom is 0.339 e. The number of aliphatic carboxylic acids is 1. The average Bonchev–Trinajstić information content (AvgIpc) is 3.31. The van der Waals surface area contributed by atoms with Crippen molar-refractivity contribution in [1.29, 1.82) is 0 Å². The lowest BCUT2D eigenvalue weighted by Gasteiger charge is -2.62. The number of ketones is 1. The van der Waals surface area contributed by atoms with Gasteiger partial charge in [-0.15, -0.1) is 0 Å². The second kappa shape index (κ2) is 7.51. The highest BCUT2D eigenvalue weighted by Gasteiger charge is 2.80. The molecule has 0 aromatic heterocycles. The molecular weight excluding hydrogens is 496 g/mol. The van der Waals surface area contributed by atoms with Crippen LogP contribution >= 0.6 is 0 Å². The molecule has 1 aromatic carbocycles. The van der Waals surface area contributed by atoms with Gasteiger partial charge in [0.2, 0.25) is 0 Å². The molecule has 0 bridgehead atoms. The van der Waals surface area contributed by atoms with Crippen LogP contribution in [0.25, 0.3) is 0 Å². The highest BCUT2D eigenvalue weighted by Crippen LogP contribution is 2.72. The summed E-state index contributed by atoms with van der Waals surface area (Å²) in [6.07, 6.45) is -3.21. The van der Waals surface area contributed by atoms with Crippen LogP contribution in [0.4, 0.5) is 17.6 Å². The van der Waals surface area contributed by atoms with E-state index in [0.29, 0.717) is 6.07 Å². The topological polar surface area (TPSA) is 93.1 Å². The number of ether oxygens (including phenoxy) is 2. The normalized spacial score (nSPS) is 48.1. The fourth-order valence-electron chi connectivity index (χ4n) is 8.15. The van der Waals surface area contributed by atoms with E-state index in [9.17, 15) is 28.6 Å². The van der Waals surface area contributed by atoms with Crippen LogP contribution in [-0.4, -0.2) is 51.6 Å². The van der Waals surface area contributed by atoms with Gasteiger partial charge in [-0.2, -0.15) is 0 Å². The Kier molecular flexibility index (Phi) is 5.03. The Morgan fingerprint density at radius 2 is 1.89 bits per heavy atom. The summed E-state index contributed by atoms with van der Waals surface area (Å²) in [7, 11) is 0. The third kappa shape index (κ3) is 2.81. The van der Waals surface area contributed by atoms with Crippen LogP contribution in [0.2, 0.25) is 0 Å². The van der Waals surface area contributed by atoms with E-state index in [0.717, 1.165) is 24.3 Å². The van der Waals surface area contributed by atoms with E-state index in [1.165, 1.54) is 13.0 Å². The second-order valence-corrected chi connectivity index (χ2v) is 11.4. The fourth-order valence-corrected chi connectivity index (χ4v) is 8.15. The molecule has 2 N–H and O–H groups in total. The first-order valence-corrected chi connectivity index (χ1v) is 12.3. The average molecular weight is 522 g/mol. The van der Waals surface area contributed by atoms with E-state index in [4.69, 9.17) is 9.47 Å². The minimum atomic E-state index is -2.39. The predicted octanol–water partition coefficient (Wildman–Crippen LogP) is 4.13. The van der Waals surface area contributed by atoms with Crippen molar-refractivity contribution < 1.29 is 46.8 Å². The standard InChI is InChI=1S/C27H26F4O6/c1-24-6-5-13(32)8-17(24)19(30)9-16-15-10-21-27(23(34)35,25(15,2)11-20(33)26(16,24)31)37-22(36-21)14-4-3-12(28)7-18(14)29/h3-8,15-16,19-22,33H,9-11H2,1-2H3,(H,34,35)/t15-,16-,19-,20-,21+,22?,24-,25-,26-,27-/m0/s1. The summed E-state index contributed by atoms with van der Waals surface area (Å²) in [6.45, 7) is 3.01. The van der Waals surface area contributed by atoms with Gasteiger partial charge >= 0.3 is 5.97 Å². The molecule has 1 aliphatic heterocycles. The summed E-state index contributed by atoms with van der Waals surface area (Å²) in [4.78, 5) is 24.8. The van der Waals surface area contributed by atoms with Crippen LogP contribution < -0.4 is 0 Å². The molecular formula is C27H26F4O6. The minimum Gasteiger partial charge on any atom is -0.479 e. The monoisotopic (exact) mass is 522 g/mol. The maximum atomic E-state index is 17.2. The third-order valence-corrected chi connectivity index (χ3v) is 9.90. The van der Waals surface area contributed by atoms with Gasteiger partial charge in [-0.05, 0) is 62.0 Å². The summed E-state index contributed by atoms with van der Waals surface area (Å²) < 4.78 is 72.6. The molecule has 1 unspecified atom stereocenters. The van der Waals surface area contributed by atoms with Gasteiger partial charge in [-0.25, -0.2) is 22.4 Å². The Hall–Kier alpha value is -2.56. The highest BCUT2D eigenvalue weighted by molar-refractivity contribution is 6.01. The van der Waals surface area contributed by atoms with E-state index in [1.54, 1.807) is 6.92 Å². The summed E-state index contributed by atoms with van der Waals surface area (Å²) >= 11 is 0. The molecule has 3 saturated carbocycles. The van der Waals surface area contributed by atoms with Crippen LogP contribution in [0, 0.1) is 34.3 Å². The molecule has 37 heavy (non-hydrogen) atoms.